The smallest absolute Gasteiger partial charge is 0.122 e. The standard InChI is InChI=1S/C15H18BrN3O/c1-9-15(16)13(19(2)18-9)8-12(17)10-3-4-14-11(7-10)5-6-20-14/h3-4,7,12H,5-6,8,17H2,1-2H3. The number of aromatic nitrogens is 2. The third-order valence-corrected chi connectivity index (χ3v) is 4.85. The molecular formula is C15H18BrN3O. The molecule has 0 saturated carbocycles. The van der Waals surface area contributed by atoms with E-state index in [9.17, 15) is 0 Å². The van der Waals surface area contributed by atoms with E-state index < -0.39 is 0 Å². The summed E-state index contributed by atoms with van der Waals surface area (Å²) in [6.07, 6.45) is 1.74. The van der Waals surface area contributed by atoms with Crippen LogP contribution in [0.15, 0.2) is 22.7 Å². The maximum Gasteiger partial charge on any atom is 0.122 e. The first-order valence-electron chi connectivity index (χ1n) is 6.75. The Labute approximate surface area is 127 Å². The van der Waals surface area contributed by atoms with E-state index in [0.29, 0.717) is 0 Å². The van der Waals surface area contributed by atoms with Crippen LogP contribution < -0.4 is 10.5 Å². The Morgan fingerprint density at radius 3 is 3.00 bits per heavy atom. The lowest BCUT2D eigenvalue weighted by Gasteiger charge is -2.14. The van der Waals surface area contributed by atoms with Gasteiger partial charge in [0, 0.05) is 25.9 Å². The molecule has 2 N–H and O–H groups in total. The number of nitrogens with two attached hydrogens (primary N) is 1. The van der Waals surface area contributed by atoms with Gasteiger partial charge in [0.2, 0.25) is 0 Å². The van der Waals surface area contributed by atoms with Gasteiger partial charge in [-0.25, -0.2) is 0 Å². The number of ether oxygens (including phenoxy) is 1. The maximum absolute atomic E-state index is 6.37. The molecule has 0 amide bonds. The van der Waals surface area contributed by atoms with Crippen LogP contribution in [0.3, 0.4) is 0 Å². The minimum Gasteiger partial charge on any atom is -0.493 e. The molecule has 1 atom stereocenters. The topological polar surface area (TPSA) is 53.1 Å². The quantitative estimate of drug-likeness (QED) is 0.938. The molecule has 1 aliphatic heterocycles. The molecule has 1 unspecified atom stereocenters. The van der Waals surface area contributed by atoms with Crippen molar-refractivity contribution < 1.29 is 4.74 Å². The van der Waals surface area contributed by atoms with Crippen LogP contribution in [-0.2, 0) is 19.9 Å². The minimum atomic E-state index is -0.0352. The molecule has 1 aromatic heterocycles. The Kier molecular flexibility index (Phi) is 3.56. The number of hydrogen-bond acceptors (Lipinski definition) is 3. The summed E-state index contributed by atoms with van der Waals surface area (Å²) < 4.78 is 8.48. The molecule has 2 aromatic rings. The van der Waals surface area contributed by atoms with Gasteiger partial charge in [0.1, 0.15) is 5.75 Å². The van der Waals surface area contributed by atoms with Crippen LogP contribution in [0.2, 0.25) is 0 Å². The third-order valence-electron chi connectivity index (χ3n) is 3.82. The summed E-state index contributed by atoms with van der Waals surface area (Å²) in [5.74, 6) is 0.999. The highest BCUT2D eigenvalue weighted by molar-refractivity contribution is 9.10. The van der Waals surface area contributed by atoms with Crippen molar-refractivity contribution in [2.75, 3.05) is 6.61 Å². The highest BCUT2D eigenvalue weighted by atomic mass is 79.9. The molecule has 0 fully saturated rings. The molecule has 5 heteroatoms. The van der Waals surface area contributed by atoms with Gasteiger partial charge in [-0.05, 0) is 40.0 Å². The van der Waals surface area contributed by atoms with E-state index in [1.807, 2.05) is 24.7 Å². The molecule has 0 spiro atoms. The third kappa shape index (κ3) is 2.36. The fourth-order valence-corrected chi connectivity index (χ4v) is 3.16. The molecule has 0 saturated heterocycles. The summed E-state index contributed by atoms with van der Waals surface area (Å²) >= 11 is 3.59. The van der Waals surface area contributed by atoms with Crippen LogP contribution in [0.4, 0.5) is 0 Å². The molecule has 3 rings (SSSR count). The van der Waals surface area contributed by atoms with E-state index in [1.165, 1.54) is 5.56 Å². The predicted octanol–water partition coefficient (Wildman–Crippen LogP) is 2.67. The highest BCUT2D eigenvalue weighted by Crippen LogP contribution is 2.30. The summed E-state index contributed by atoms with van der Waals surface area (Å²) in [7, 11) is 1.95. The second-order valence-electron chi connectivity index (χ2n) is 5.25. The highest BCUT2D eigenvalue weighted by Gasteiger charge is 2.18. The van der Waals surface area contributed by atoms with Crippen molar-refractivity contribution in [3.05, 3.63) is 45.2 Å². The number of benzene rings is 1. The summed E-state index contributed by atoms with van der Waals surface area (Å²) in [5.41, 5.74) is 10.9. The maximum atomic E-state index is 6.37. The number of aryl methyl sites for hydroxylation is 2. The van der Waals surface area contributed by atoms with Gasteiger partial charge < -0.3 is 10.5 Å². The molecule has 0 aliphatic carbocycles. The van der Waals surface area contributed by atoms with Gasteiger partial charge in [0.25, 0.3) is 0 Å². The van der Waals surface area contributed by atoms with E-state index in [1.54, 1.807) is 0 Å². The van der Waals surface area contributed by atoms with Crippen LogP contribution in [0.5, 0.6) is 5.75 Å². The van der Waals surface area contributed by atoms with Gasteiger partial charge in [-0.1, -0.05) is 12.1 Å². The predicted molar refractivity (Wildman–Crippen MR) is 81.9 cm³/mol. The molecule has 1 aromatic carbocycles. The minimum absolute atomic E-state index is 0.0352. The zero-order valence-electron chi connectivity index (χ0n) is 11.7. The number of halogens is 1. The van der Waals surface area contributed by atoms with Crippen LogP contribution in [0.1, 0.15) is 28.6 Å². The number of nitrogens with zero attached hydrogens (tertiary/aromatic N) is 2. The van der Waals surface area contributed by atoms with Crippen LogP contribution in [0.25, 0.3) is 0 Å². The van der Waals surface area contributed by atoms with Gasteiger partial charge in [-0.15, -0.1) is 0 Å². The number of rotatable bonds is 3. The summed E-state index contributed by atoms with van der Waals surface area (Å²) in [5, 5.41) is 4.41. The van der Waals surface area contributed by atoms with Crippen LogP contribution in [-0.4, -0.2) is 16.4 Å². The normalized spacial score (nSPS) is 15.0. The Balaban J connectivity index is 1.84. The van der Waals surface area contributed by atoms with E-state index >= 15 is 0 Å². The second-order valence-corrected chi connectivity index (χ2v) is 6.04. The number of fused-ring (bicyclic) bond motifs is 1. The lowest BCUT2D eigenvalue weighted by atomic mass is 9.99. The van der Waals surface area contributed by atoms with Crippen molar-refractivity contribution in [3.63, 3.8) is 0 Å². The lowest BCUT2D eigenvalue weighted by Crippen LogP contribution is -2.15. The molecule has 1 aliphatic rings. The van der Waals surface area contributed by atoms with Gasteiger partial charge in [-0.3, -0.25) is 4.68 Å². The van der Waals surface area contributed by atoms with Crippen LogP contribution in [0, 0.1) is 6.92 Å². The summed E-state index contributed by atoms with van der Waals surface area (Å²) in [4.78, 5) is 0. The fourth-order valence-electron chi connectivity index (χ4n) is 2.67. The Bertz CT molecular complexity index is 651. The monoisotopic (exact) mass is 335 g/mol. The van der Waals surface area contributed by atoms with Crippen molar-refractivity contribution in [2.45, 2.75) is 25.8 Å². The van der Waals surface area contributed by atoms with Crippen molar-refractivity contribution in [3.8, 4) is 5.75 Å². The Morgan fingerprint density at radius 2 is 2.30 bits per heavy atom. The Morgan fingerprint density at radius 1 is 1.50 bits per heavy atom. The Hall–Kier alpha value is -1.33. The first-order valence-corrected chi connectivity index (χ1v) is 7.54. The number of hydrogen-bond donors (Lipinski definition) is 1. The van der Waals surface area contributed by atoms with Crippen LogP contribution >= 0.6 is 15.9 Å². The molecule has 0 bridgehead atoms. The molecule has 4 nitrogen and oxygen atoms in total. The molecule has 0 radical (unpaired) electrons. The zero-order chi connectivity index (χ0) is 14.3. The van der Waals surface area contributed by atoms with E-state index in [4.69, 9.17) is 10.5 Å². The first-order chi connectivity index (χ1) is 9.56. The molecular weight excluding hydrogens is 318 g/mol. The van der Waals surface area contributed by atoms with Crippen molar-refractivity contribution in [1.29, 1.82) is 0 Å². The summed E-state index contributed by atoms with van der Waals surface area (Å²) in [6.45, 7) is 2.77. The SMILES string of the molecule is Cc1nn(C)c(CC(N)c2ccc3c(c2)CCO3)c1Br. The van der Waals surface area contributed by atoms with Gasteiger partial charge in [-0.2, -0.15) is 5.10 Å². The van der Waals surface area contributed by atoms with Crippen molar-refractivity contribution >= 4 is 15.9 Å². The van der Waals surface area contributed by atoms with E-state index in [0.717, 1.165) is 46.6 Å². The van der Waals surface area contributed by atoms with Gasteiger partial charge in [0.05, 0.1) is 22.5 Å². The lowest BCUT2D eigenvalue weighted by molar-refractivity contribution is 0.357. The summed E-state index contributed by atoms with van der Waals surface area (Å²) in [6, 6.07) is 6.23. The molecule has 106 valence electrons. The van der Waals surface area contributed by atoms with E-state index in [2.05, 4.69) is 33.2 Å². The average molecular weight is 336 g/mol. The van der Waals surface area contributed by atoms with Crippen molar-refractivity contribution in [1.82, 2.24) is 9.78 Å². The average Bonchev–Trinajstić information content (AvgIpc) is 2.98. The fraction of sp³-hybridized carbons (Fsp3) is 0.400. The molecule has 20 heavy (non-hydrogen) atoms. The van der Waals surface area contributed by atoms with Crippen molar-refractivity contribution in [2.24, 2.45) is 12.8 Å². The molecule has 2 heterocycles. The van der Waals surface area contributed by atoms with Gasteiger partial charge >= 0.3 is 0 Å². The van der Waals surface area contributed by atoms with Gasteiger partial charge in [0.15, 0.2) is 0 Å². The van der Waals surface area contributed by atoms with E-state index in [-0.39, 0.29) is 6.04 Å². The first kappa shape index (κ1) is 13.6. The largest absolute Gasteiger partial charge is 0.493 e. The second kappa shape index (κ2) is 5.22. The zero-order valence-corrected chi connectivity index (χ0v) is 13.3.